The van der Waals surface area contributed by atoms with Gasteiger partial charge in [0.2, 0.25) is 6.41 Å². The van der Waals surface area contributed by atoms with Crippen LogP contribution in [0, 0.1) is 5.92 Å². The zero-order valence-corrected chi connectivity index (χ0v) is 13.6. The number of ether oxygens (including phenoxy) is 1. The SMILES string of the molecule is CS/C(=N\Br)C1CCC(NC(O)OC(C)C)CC1. The molecule has 1 aliphatic rings. The topological polar surface area (TPSA) is 53.9 Å². The predicted octanol–water partition coefficient (Wildman–Crippen LogP) is 2.91. The van der Waals surface area contributed by atoms with Crippen LogP contribution in [-0.2, 0) is 4.74 Å². The van der Waals surface area contributed by atoms with Gasteiger partial charge < -0.3 is 9.84 Å². The fraction of sp³-hybridized carbons (Fsp3) is 0.917. The molecule has 0 amide bonds. The molecule has 0 heterocycles. The molecule has 1 fully saturated rings. The average Bonchev–Trinajstić information content (AvgIpc) is 2.31. The minimum absolute atomic E-state index is 0.0347. The summed E-state index contributed by atoms with van der Waals surface area (Å²) in [7, 11) is 0. The van der Waals surface area contributed by atoms with E-state index in [4.69, 9.17) is 4.74 Å². The van der Waals surface area contributed by atoms with E-state index in [0.29, 0.717) is 12.0 Å². The zero-order valence-electron chi connectivity index (χ0n) is 11.2. The maximum Gasteiger partial charge on any atom is 0.213 e. The molecule has 1 unspecified atom stereocenters. The number of hydrogen-bond donors (Lipinski definition) is 2. The second-order valence-corrected chi connectivity index (χ2v) is 6.06. The van der Waals surface area contributed by atoms with Gasteiger partial charge in [-0.1, -0.05) is 0 Å². The molecule has 1 atom stereocenters. The third-order valence-electron chi connectivity index (χ3n) is 3.15. The summed E-state index contributed by atoms with van der Waals surface area (Å²) in [5, 5.41) is 14.0. The Morgan fingerprint density at radius 3 is 2.44 bits per heavy atom. The van der Waals surface area contributed by atoms with Gasteiger partial charge in [-0.15, -0.1) is 11.8 Å². The van der Waals surface area contributed by atoms with Crippen LogP contribution in [0.4, 0.5) is 0 Å². The Balaban J connectivity index is 2.31. The van der Waals surface area contributed by atoms with Gasteiger partial charge in [-0.25, -0.2) is 4.02 Å². The molecule has 18 heavy (non-hydrogen) atoms. The van der Waals surface area contributed by atoms with E-state index >= 15 is 0 Å². The number of halogens is 1. The van der Waals surface area contributed by atoms with Gasteiger partial charge in [0.15, 0.2) is 0 Å². The molecular weight excluding hydrogens is 316 g/mol. The Hall–Kier alpha value is 0.380. The molecule has 0 radical (unpaired) electrons. The van der Waals surface area contributed by atoms with Crippen molar-refractivity contribution in [1.29, 1.82) is 0 Å². The molecular formula is C12H23BrN2O2S. The summed E-state index contributed by atoms with van der Waals surface area (Å²) in [5.74, 6) is 0.556. The number of rotatable bonds is 5. The lowest BCUT2D eigenvalue weighted by Crippen LogP contribution is -2.43. The Kier molecular flexibility index (Phi) is 7.79. The van der Waals surface area contributed by atoms with Gasteiger partial charge in [-0.2, -0.15) is 0 Å². The molecule has 0 spiro atoms. The quantitative estimate of drug-likeness (QED) is 0.459. The van der Waals surface area contributed by atoms with Crippen molar-refractivity contribution in [3.05, 3.63) is 0 Å². The lowest BCUT2D eigenvalue weighted by Gasteiger charge is -2.31. The lowest BCUT2D eigenvalue weighted by atomic mass is 9.87. The summed E-state index contributed by atoms with van der Waals surface area (Å²) in [4.78, 5) is 0. The van der Waals surface area contributed by atoms with E-state index in [1.54, 1.807) is 11.8 Å². The first-order valence-electron chi connectivity index (χ1n) is 6.39. The molecule has 0 bridgehead atoms. The van der Waals surface area contributed by atoms with Gasteiger partial charge in [-0.05, 0) is 45.8 Å². The molecule has 1 saturated carbocycles. The standard InChI is InChI=1S/C12H23BrN2O2S/c1-8(2)17-12(16)14-10-6-4-9(5-7-10)11(15-13)18-3/h8-10,12,14,16H,4-7H2,1-3H3/b15-11-. The number of aliphatic hydroxyl groups is 1. The number of hydrogen-bond acceptors (Lipinski definition) is 5. The maximum absolute atomic E-state index is 9.67. The smallest absolute Gasteiger partial charge is 0.213 e. The minimum Gasteiger partial charge on any atom is -0.356 e. The molecule has 4 nitrogen and oxygen atoms in total. The fourth-order valence-electron chi connectivity index (χ4n) is 2.28. The molecule has 2 N–H and O–H groups in total. The first-order valence-corrected chi connectivity index (χ1v) is 8.32. The molecule has 0 aromatic heterocycles. The third-order valence-corrected chi connectivity index (χ3v) is 4.61. The Labute approximate surface area is 122 Å². The highest BCUT2D eigenvalue weighted by Gasteiger charge is 2.25. The van der Waals surface area contributed by atoms with Crippen LogP contribution in [0.25, 0.3) is 0 Å². The van der Waals surface area contributed by atoms with Crippen LogP contribution < -0.4 is 5.32 Å². The van der Waals surface area contributed by atoms with E-state index in [0.717, 1.165) is 25.7 Å². The molecule has 106 valence electrons. The highest BCUT2D eigenvalue weighted by Crippen LogP contribution is 2.29. The monoisotopic (exact) mass is 338 g/mol. The van der Waals surface area contributed by atoms with Crippen molar-refractivity contribution < 1.29 is 9.84 Å². The van der Waals surface area contributed by atoms with Gasteiger partial charge in [0, 0.05) is 12.0 Å². The van der Waals surface area contributed by atoms with Crippen molar-refractivity contribution in [2.75, 3.05) is 6.26 Å². The minimum atomic E-state index is -0.851. The van der Waals surface area contributed by atoms with Gasteiger partial charge in [-0.3, -0.25) is 5.32 Å². The highest BCUT2D eigenvalue weighted by atomic mass is 79.9. The Morgan fingerprint density at radius 1 is 1.39 bits per heavy atom. The molecule has 0 saturated heterocycles. The Bertz CT molecular complexity index is 269. The predicted molar refractivity (Wildman–Crippen MR) is 81.0 cm³/mol. The summed E-state index contributed by atoms with van der Waals surface area (Å²) >= 11 is 4.89. The molecule has 0 aromatic rings. The van der Waals surface area contributed by atoms with Crippen LogP contribution in [0.5, 0.6) is 0 Å². The van der Waals surface area contributed by atoms with E-state index in [1.165, 1.54) is 5.04 Å². The summed E-state index contributed by atoms with van der Waals surface area (Å²) in [6.07, 6.45) is 5.56. The second-order valence-electron chi connectivity index (χ2n) is 4.88. The first-order chi connectivity index (χ1) is 8.56. The lowest BCUT2D eigenvalue weighted by molar-refractivity contribution is -0.150. The van der Waals surface area contributed by atoms with Crippen LogP contribution in [0.15, 0.2) is 4.02 Å². The van der Waals surface area contributed by atoms with Crippen LogP contribution >= 0.6 is 27.9 Å². The van der Waals surface area contributed by atoms with Crippen LogP contribution in [0.2, 0.25) is 0 Å². The average molecular weight is 339 g/mol. The van der Waals surface area contributed by atoms with Crippen molar-refractivity contribution in [2.24, 2.45) is 9.94 Å². The first kappa shape index (κ1) is 16.4. The van der Waals surface area contributed by atoms with E-state index in [2.05, 4.69) is 31.7 Å². The summed E-state index contributed by atoms with van der Waals surface area (Å²) in [5.41, 5.74) is 0. The van der Waals surface area contributed by atoms with Crippen LogP contribution in [0.3, 0.4) is 0 Å². The van der Waals surface area contributed by atoms with Gasteiger partial charge in [0.1, 0.15) is 0 Å². The van der Waals surface area contributed by atoms with Crippen LogP contribution in [0.1, 0.15) is 39.5 Å². The fourth-order valence-corrected chi connectivity index (χ4v) is 3.64. The van der Waals surface area contributed by atoms with Crippen LogP contribution in [-0.4, -0.2) is 35.0 Å². The summed E-state index contributed by atoms with van der Waals surface area (Å²) in [6, 6.07) is 0.341. The third kappa shape index (κ3) is 5.57. The largest absolute Gasteiger partial charge is 0.356 e. The van der Waals surface area contributed by atoms with Gasteiger partial charge in [0.25, 0.3) is 0 Å². The van der Waals surface area contributed by atoms with E-state index in [-0.39, 0.29) is 6.10 Å². The molecule has 6 heteroatoms. The van der Waals surface area contributed by atoms with E-state index in [1.807, 2.05) is 13.8 Å². The zero-order chi connectivity index (χ0) is 13.5. The molecule has 0 aromatic carbocycles. The number of thioether (sulfide) groups is 1. The van der Waals surface area contributed by atoms with Gasteiger partial charge in [0.05, 0.1) is 27.3 Å². The Morgan fingerprint density at radius 2 is 2.00 bits per heavy atom. The van der Waals surface area contributed by atoms with Crippen molar-refractivity contribution in [3.63, 3.8) is 0 Å². The van der Waals surface area contributed by atoms with Crippen molar-refractivity contribution >= 4 is 33.0 Å². The number of nitrogens with zero attached hydrogens (tertiary/aromatic N) is 1. The normalized spacial score (nSPS) is 27.6. The molecule has 1 rings (SSSR count). The second kappa shape index (κ2) is 8.53. The van der Waals surface area contributed by atoms with Crippen molar-refractivity contribution in [2.45, 2.75) is 58.1 Å². The van der Waals surface area contributed by atoms with Gasteiger partial charge >= 0.3 is 0 Å². The summed E-state index contributed by atoms with van der Waals surface area (Å²) < 4.78 is 9.43. The molecule has 1 aliphatic carbocycles. The number of nitrogens with one attached hydrogen (secondary N) is 1. The highest BCUT2D eigenvalue weighted by molar-refractivity contribution is 9.08. The maximum atomic E-state index is 9.67. The summed E-state index contributed by atoms with van der Waals surface area (Å²) in [6.45, 7) is 3.83. The van der Waals surface area contributed by atoms with Crippen molar-refractivity contribution in [3.8, 4) is 0 Å². The number of aliphatic hydroxyl groups excluding tert-OH is 1. The van der Waals surface area contributed by atoms with E-state index in [9.17, 15) is 5.11 Å². The van der Waals surface area contributed by atoms with Crippen molar-refractivity contribution in [1.82, 2.24) is 5.32 Å². The molecule has 0 aliphatic heterocycles. The van der Waals surface area contributed by atoms with E-state index < -0.39 is 6.41 Å².